The number of azo groups is 1. The van der Waals surface area contributed by atoms with Gasteiger partial charge in [0.05, 0.1) is 22.5 Å². The fourth-order valence-corrected chi connectivity index (χ4v) is 3.43. The summed E-state index contributed by atoms with van der Waals surface area (Å²) < 4.78 is 8.88. The van der Waals surface area contributed by atoms with Crippen LogP contribution in [0.5, 0.6) is 5.75 Å². The van der Waals surface area contributed by atoms with E-state index in [9.17, 15) is 0 Å². The molecule has 1 aliphatic heterocycles. The lowest BCUT2D eigenvalue weighted by Crippen LogP contribution is -2.25. The lowest BCUT2D eigenvalue weighted by atomic mass is 10.2. The standard InChI is InChI=1S/C16H14N4OS/c1-20-13-4-2-3-5-15(13)22-16(20)19-18-11-6-7-12-14(10-11)21-9-8-17-12/h2-7,10H,8-9H2,1H3/p+1. The summed E-state index contributed by atoms with van der Waals surface area (Å²) in [7, 11) is 2.01. The van der Waals surface area contributed by atoms with Gasteiger partial charge >= 0.3 is 5.13 Å². The molecule has 0 saturated heterocycles. The van der Waals surface area contributed by atoms with E-state index in [2.05, 4.69) is 32.2 Å². The number of hydrogen-bond donors (Lipinski definition) is 1. The highest BCUT2D eigenvalue weighted by Crippen LogP contribution is 2.33. The number of aryl methyl sites for hydroxylation is 1. The van der Waals surface area contributed by atoms with E-state index in [-0.39, 0.29) is 0 Å². The number of rotatable bonds is 2. The highest BCUT2D eigenvalue weighted by molar-refractivity contribution is 7.21. The average molecular weight is 311 g/mol. The zero-order chi connectivity index (χ0) is 14.9. The Morgan fingerprint density at radius 3 is 3.00 bits per heavy atom. The zero-order valence-electron chi connectivity index (χ0n) is 12.1. The van der Waals surface area contributed by atoms with Crippen LogP contribution in [0.15, 0.2) is 52.7 Å². The smallest absolute Gasteiger partial charge is 0.409 e. The third-order valence-electron chi connectivity index (χ3n) is 3.61. The van der Waals surface area contributed by atoms with E-state index in [1.165, 1.54) is 10.2 Å². The molecule has 0 amide bonds. The summed E-state index contributed by atoms with van der Waals surface area (Å²) in [6.07, 6.45) is 0. The first kappa shape index (κ1) is 13.2. The molecule has 0 bridgehead atoms. The molecule has 1 aliphatic rings. The monoisotopic (exact) mass is 311 g/mol. The van der Waals surface area contributed by atoms with E-state index in [4.69, 9.17) is 4.74 Å². The minimum absolute atomic E-state index is 0.679. The molecule has 22 heavy (non-hydrogen) atoms. The van der Waals surface area contributed by atoms with Gasteiger partial charge in [-0.05, 0) is 40.7 Å². The maximum atomic E-state index is 5.62. The fourth-order valence-electron chi connectivity index (χ4n) is 2.46. The van der Waals surface area contributed by atoms with Gasteiger partial charge in [0.15, 0.2) is 0 Å². The second-order valence-corrected chi connectivity index (χ2v) is 6.08. The van der Waals surface area contributed by atoms with Crippen LogP contribution in [0.2, 0.25) is 0 Å². The Labute approximate surface area is 131 Å². The van der Waals surface area contributed by atoms with Crippen molar-refractivity contribution in [3.05, 3.63) is 42.5 Å². The van der Waals surface area contributed by atoms with E-state index in [1.54, 1.807) is 11.3 Å². The molecule has 1 N–H and O–H groups in total. The van der Waals surface area contributed by atoms with Gasteiger partial charge in [0, 0.05) is 12.6 Å². The second kappa shape index (κ2) is 5.38. The molecule has 1 aromatic heterocycles. The molecule has 0 radical (unpaired) electrons. The Hall–Kier alpha value is -2.47. The van der Waals surface area contributed by atoms with Crippen LogP contribution < -0.4 is 14.6 Å². The maximum absolute atomic E-state index is 5.62. The molecular formula is C16H15N4OS+. The fraction of sp³-hybridized carbons (Fsp3) is 0.188. The summed E-state index contributed by atoms with van der Waals surface area (Å²) in [5, 5.41) is 12.9. The topological polar surface area (TPSA) is 49.9 Å². The first-order valence-electron chi connectivity index (χ1n) is 7.11. The van der Waals surface area contributed by atoms with Gasteiger partial charge in [-0.3, -0.25) is 0 Å². The van der Waals surface area contributed by atoms with Crippen molar-refractivity contribution in [2.75, 3.05) is 18.5 Å². The van der Waals surface area contributed by atoms with E-state index < -0.39 is 0 Å². The number of nitrogens with zero attached hydrogens (tertiary/aromatic N) is 3. The summed E-state index contributed by atoms with van der Waals surface area (Å²) >= 11 is 1.63. The lowest BCUT2D eigenvalue weighted by Gasteiger charge is -2.18. The summed E-state index contributed by atoms with van der Waals surface area (Å²) in [4.78, 5) is 0. The highest BCUT2D eigenvalue weighted by Gasteiger charge is 2.16. The van der Waals surface area contributed by atoms with Gasteiger partial charge in [0.1, 0.15) is 23.6 Å². The SMILES string of the molecule is C[n+]1c(N=Nc2ccc3c(c2)OCCN3)sc2ccccc21. The Morgan fingerprint density at radius 1 is 1.18 bits per heavy atom. The summed E-state index contributed by atoms with van der Waals surface area (Å²) in [5.41, 5.74) is 2.97. The Bertz CT molecular complexity index is 872. The van der Waals surface area contributed by atoms with Gasteiger partial charge < -0.3 is 10.1 Å². The summed E-state index contributed by atoms with van der Waals surface area (Å²) in [6, 6.07) is 14.1. The molecule has 3 aromatic rings. The zero-order valence-corrected chi connectivity index (χ0v) is 12.9. The molecular weight excluding hydrogens is 296 g/mol. The molecule has 6 heteroatoms. The van der Waals surface area contributed by atoms with Crippen LogP contribution in [0, 0.1) is 0 Å². The number of anilines is 1. The van der Waals surface area contributed by atoms with Crippen molar-refractivity contribution in [3.63, 3.8) is 0 Å². The molecule has 0 atom stereocenters. The van der Waals surface area contributed by atoms with Crippen molar-refractivity contribution in [1.82, 2.24) is 0 Å². The van der Waals surface area contributed by atoms with Crippen LogP contribution in [-0.4, -0.2) is 13.2 Å². The number of fused-ring (bicyclic) bond motifs is 2. The van der Waals surface area contributed by atoms with Crippen LogP contribution in [0.4, 0.5) is 16.5 Å². The van der Waals surface area contributed by atoms with Crippen LogP contribution in [0.1, 0.15) is 0 Å². The predicted octanol–water partition coefficient (Wildman–Crippen LogP) is 3.95. The first-order chi connectivity index (χ1) is 10.8. The van der Waals surface area contributed by atoms with Crippen LogP contribution in [0.25, 0.3) is 10.2 Å². The number of thiazole rings is 1. The van der Waals surface area contributed by atoms with Crippen LogP contribution >= 0.6 is 11.3 Å². The number of para-hydroxylation sites is 1. The minimum atomic E-state index is 0.679. The summed E-state index contributed by atoms with van der Waals surface area (Å²) in [6.45, 7) is 1.52. The van der Waals surface area contributed by atoms with Crippen molar-refractivity contribution >= 4 is 38.1 Å². The second-order valence-electron chi connectivity index (χ2n) is 5.07. The van der Waals surface area contributed by atoms with E-state index >= 15 is 0 Å². The molecule has 0 saturated carbocycles. The van der Waals surface area contributed by atoms with Crippen molar-refractivity contribution < 1.29 is 9.30 Å². The molecule has 5 nitrogen and oxygen atoms in total. The van der Waals surface area contributed by atoms with Gasteiger partial charge in [0.25, 0.3) is 0 Å². The summed E-state index contributed by atoms with van der Waals surface area (Å²) in [5.74, 6) is 0.836. The Balaban J connectivity index is 1.67. The van der Waals surface area contributed by atoms with E-state index in [1.807, 2.05) is 37.4 Å². The van der Waals surface area contributed by atoms with Gasteiger partial charge in [-0.15, -0.1) is 0 Å². The maximum Gasteiger partial charge on any atom is 0.409 e. The molecule has 0 fully saturated rings. The van der Waals surface area contributed by atoms with Crippen LogP contribution in [0.3, 0.4) is 0 Å². The molecule has 0 unspecified atom stereocenters. The van der Waals surface area contributed by atoms with Crippen molar-refractivity contribution in [2.24, 2.45) is 17.3 Å². The first-order valence-corrected chi connectivity index (χ1v) is 7.93. The largest absolute Gasteiger partial charge is 0.490 e. The number of aromatic nitrogens is 1. The molecule has 0 spiro atoms. The average Bonchev–Trinajstić information content (AvgIpc) is 2.89. The van der Waals surface area contributed by atoms with Gasteiger partial charge in [-0.25, -0.2) is 4.57 Å². The van der Waals surface area contributed by atoms with Crippen molar-refractivity contribution in [1.29, 1.82) is 0 Å². The number of nitrogens with one attached hydrogen (secondary N) is 1. The molecule has 2 aromatic carbocycles. The van der Waals surface area contributed by atoms with Crippen molar-refractivity contribution in [2.45, 2.75) is 0 Å². The number of hydrogen-bond acceptors (Lipinski definition) is 5. The quantitative estimate of drug-likeness (QED) is 0.575. The lowest BCUT2D eigenvalue weighted by molar-refractivity contribution is -0.627. The van der Waals surface area contributed by atoms with E-state index in [0.29, 0.717) is 6.61 Å². The van der Waals surface area contributed by atoms with Crippen molar-refractivity contribution in [3.8, 4) is 5.75 Å². The molecule has 2 heterocycles. The third kappa shape index (κ3) is 2.31. The predicted molar refractivity (Wildman–Crippen MR) is 87.6 cm³/mol. The minimum Gasteiger partial charge on any atom is -0.490 e. The van der Waals surface area contributed by atoms with Gasteiger partial charge in [-0.2, -0.15) is 0 Å². The Morgan fingerprint density at radius 2 is 2.09 bits per heavy atom. The number of ether oxygens (including phenoxy) is 1. The van der Waals surface area contributed by atoms with Gasteiger partial charge in [0.2, 0.25) is 0 Å². The van der Waals surface area contributed by atoms with Gasteiger partial charge in [-0.1, -0.05) is 12.1 Å². The van der Waals surface area contributed by atoms with Crippen LogP contribution in [-0.2, 0) is 7.05 Å². The number of benzene rings is 2. The normalized spacial score (nSPS) is 13.9. The van der Waals surface area contributed by atoms with E-state index in [0.717, 1.165) is 28.8 Å². The Kier molecular flexibility index (Phi) is 3.23. The third-order valence-corrected chi connectivity index (χ3v) is 4.71. The highest BCUT2D eigenvalue weighted by atomic mass is 32.1. The molecule has 110 valence electrons. The molecule has 0 aliphatic carbocycles. The molecule has 4 rings (SSSR count).